The normalized spacial score (nSPS) is 19.0. The predicted octanol–water partition coefficient (Wildman–Crippen LogP) is 1.75. The van der Waals surface area contributed by atoms with Gasteiger partial charge in [0.1, 0.15) is 0 Å². The molecule has 2 fully saturated rings. The predicted molar refractivity (Wildman–Crippen MR) is 117 cm³/mol. The maximum Gasteiger partial charge on any atom is 0.317 e. The van der Waals surface area contributed by atoms with Crippen LogP contribution >= 0.6 is 24.8 Å². The average Bonchev–Trinajstić information content (AvgIpc) is 3.26. The Labute approximate surface area is 185 Å². The zero-order valence-corrected chi connectivity index (χ0v) is 18.9. The summed E-state index contributed by atoms with van der Waals surface area (Å²) < 4.78 is 16.1. The van der Waals surface area contributed by atoms with Crippen molar-refractivity contribution in [3.63, 3.8) is 0 Å². The summed E-state index contributed by atoms with van der Waals surface area (Å²) >= 11 is 0. The number of benzene rings is 1. The van der Waals surface area contributed by atoms with Crippen molar-refractivity contribution in [3.05, 3.63) is 17.7 Å². The lowest BCUT2D eigenvalue weighted by atomic mass is 10.1. The van der Waals surface area contributed by atoms with Gasteiger partial charge in [-0.15, -0.1) is 24.8 Å². The van der Waals surface area contributed by atoms with E-state index < -0.39 is 0 Å². The smallest absolute Gasteiger partial charge is 0.317 e. The maximum absolute atomic E-state index is 12.5. The summed E-state index contributed by atoms with van der Waals surface area (Å²) in [6.07, 6.45) is 1.20. The highest BCUT2D eigenvalue weighted by Crippen LogP contribution is 2.38. The highest BCUT2D eigenvalue weighted by Gasteiger charge is 2.27. The number of nitrogens with one attached hydrogen (secondary N) is 2. The Morgan fingerprint density at radius 3 is 2.17 bits per heavy atom. The Morgan fingerprint density at radius 2 is 1.69 bits per heavy atom. The van der Waals surface area contributed by atoms with E-state index in [0.717, 1.165) is 44.8 Å². The lowest BCUT2D eigenvalue weighted by molar-refractivity contribution is 0.114. The fourth-order valence-electron chi connectivity index (χ4n) is 3.77. The van der Waals surface area contributed by atoms with Crippen LogP contribution in [0.2, 0.25) is 0 Å². The van der Waals surface area contributed by atoms with E-state index in [-0.39, 0.29) is 30.8 Å². The van der Waals surface area contributed by atoms with Gasteiger partial charge in [-0.1, -0.05) is 0 Å². The van der Waals surface area contributed by atoms with Crippen LogP contribution in [-0.4, -0.2) is 82.5 Å². The van der Waals surface area contributed by atoms with Gasteiger partial charge in [0.2, 0.25) is 5.75 Å². The van der Waals surface area contributed by atoms with Crippen LogP contribution in [0.3, 0.4) is 0 Å². The molecule has 2 aliphatic heterocycles. The van der Waals surface area contributed by atoms with Crippen molar-refractivity contribution < 1.29 is 19.0 Å². The van der Waals surface area contributed by atoms with Crippen molar-refractivity contribution in [2.45, 2.75) is 19.0 Å². The summed E-state index contributed by atoms with van der Waals surface area (Å²) in [7, 11) is 4.74. The number of carbonyl (C=O) groups excluding carboxylic acids is 1. The van der Waals surface area contributed by atoms with Crippen LogP contribution in [-0.2, 0) is 6.54 Å². The van der Waals surface area contributed by atoms with Crippen LogP contribution < -0.4 is 24.8 Å². The minimum Gasteiger partial charge on any atom is -0.493 e. The Balaban J connectivity index is 0.00000210. The molecule has 29 heavy (non-hydrogen) atoms. The molecule has 2 amide bonds. The number of hydrogen-bond acceptors (Lipinski definition) is 6. The summed E-state index contributed by atoms with van der Waals surface area (Å²) in [5.41, 5.74) is 0.897. The molecule has 1 atom stereocenters. The highest BCUT2D eigenvalue weighted by molar-refractivity contribution is 5.85. The lowest BCUT2D eigenvalue weighted by Crippen LogP contribution is -2.54. The molecule has 0 spiro atoms. The molecule has 1 aromatic rings. The van der Waals surface area contributed by atoms with Gasteiger partial charge in [0.25, 0.3) is 0 Å². The first kappa shape index (κ1) is 25.4. The van der Waals surface area contributed by atoms with Crippen LogP contribution in [0.25, 0.3) is 0 Å². The molecular weight excluding hydrogens is 419 g/mol. The van der Waals surface area contributed by atoms with E-state index >= 15 is 0 Å². The van der Waals surface area contributed by atoms with Crippen LogP contribution in [0, 0.1) is 0 Å². The second-order valence-corrected chi connectivity index (χ2v) is 6.86. The molecule has 0 aliphatic carbocycles. The van der Waals surface area contributed by atoms with E-state index in [1.807, 2.05) is 17.0 Å². The van der Waals surface area contributed by atoms with Crippen LogP contribution in [0.5, 0.6) is 17.2 Å². The molecule has 3 rings (SSSR count). The second kappa shape index (κ2) is 12.2. The molecule has 0 bridgehead atoms. The molecule has 1 aromatic carbocycles. The van der Waals surface area contributed by atoms with Crippen molar-refractivity contribution in [1.29, 1.82) is 0 Å². The molecule has 0 aromatic heterocycles. The number of halogens is 2. The Kier molecular flexibility index (Phi) is 10.7. The monoisotopic (exact) mass is 450 g/mol. The van der Waals surface area contributed by atoms with E-state index in [9.17, 15) is 4.79 Å². The van der Waals surface area contributed by atoms with E-state index in [1.165, 1.54) is 6.42 Å². The number of piperazine rings is 1. The standard InChI is InChI=1S/C19H30N4O4.2ClH/c1-25-16-10-14(11-17(26-2)18(16)27-3)12-21-19(24)23-8-6-22(7-9-23)15-4-5-20-13-15;;/h10-11,15,20H,4-9,12-13H2,1-3H3,(H,21,24);2*1H. The van der Waals surface area contributed by atoms with Crippen LogP contribution in [0.4, 0.5) is 4.79 Å². The quantitative estimate of drug-likeness (QED) is 0.687. The first-order chi connectivity index (χ1) is 13.2. The molecule has 0 saturated carbocycles. The molecule has 2 aliphatic rings. The van der Waals surface area contributed by atoms with Gasteiger partial charge in [0.15, 0.2) is 11.5 Å². The van der Waals surface area contributed by atoms with Crippen molar-refractivity contribution in [2.75, 3.05) is 60.6 Å². The zero-order valence-electron chi connectivity index (χ0n) is 17.2. The number of urea groups is 1. The van der Waals surface area contributed by atoms with E-state index in [4.69, 9.17) is 14.2 Å². The highest BCUT2D eigenvalue weighted by atomic mass is 35.5. The minimum atomic E-state index is -0.0343. The summed E-state index contributed by atoms with van der Waals surface area (Å²) in [6, 6.07) is 4.29. The van der Waals surface area contributed by atoms with Gasteiger partial charge in [-0.2, -0.15) is 0 Å². The molecule has 8 nitrogen and oxygen atoms in total. The molecule has 1 unspecified atom stereocenters. The fraction of sp³-hybridized carbons (Fsp3) is 0.632. The summed E-state index contributed by atoms with van der Waals surface area (Å²) in [5.74, 6) is 1.72. The number of hydrogen-bond donors (Lipinski definition) is 2. The van der Waals surface area contributed by atoms with Gasteiger partial charge < -0.3 is 29.7 Å². The molecule has 166 valence electrons. The Hall–Kier alpha value is -1.61. The van der Waals surface area contributed by atoms with Gasteiger partial charge in [-0.25, -0.2) is 4.79 Å². The number of ether oxygens (including phenoxy) is 3. The Bertz CT molecular complexity index is 626. The van der Waals surface area contributed by atoms with Gasteiger partial charge in [-0.3, -0.25) is 4.90 Å². The first-order valence-electron chi connectivity index (χ1n) is 9.42. The molecular formula is C19H32Cl2N4O4. The largest absolute Gasteiger partial charge is 0.493 e. The van der Waals surface area contributed by atoms with Gasteiger partial charge >= 0.3 is 6.03 Å². The van der Waals surface area contributed by atoms with Gasteiger partial charge in [-0.05, 0) is 30.7 Å². The zero-order chi connectivity index (χ0) is 19.2. The van der Waals surface area contributed by atoms with Crippen molar-refractivity contribution >= 4 is 30.8 Å². The minimum absolute atomic E-state index is 0. The third-order valence-electron chi connectivity index (χ3n) is 5.32. The number of nitrogens with zero attached hydrogens (tertiary/aromatic N) is 2. The lowest BCUT2D eigenvalue weighted by Gasteiger charge is -2.37. The van der Waals surface area contributed by atoms with Crippen molar-refractivity contribution in [3.8, 4) is 17.2 Å². The van der Waals surface area contributed by atoms with E-state index in [0.29, 0.717) is 29.8 Å². The molecule has 0 radical (unpaired) electrons. The van der Waals surface area contributed by atoms with E-state index in [2.05, 4.69) is 15.5 Å². The molecule has 2 heterocycles. The number of amides is 2. The summed E-state index contributed by atoms with van der Waals surface area (Å²) in [6.45, 7) is 5.96. The van der Waals surface area contributed by atoms with Crippen LogP contribution in [0.15, 0.2) is 12.1 Å². The van der Waals surface area contributed by atoms with Crippen LogP contribution in [0.1, 0.15) is 12.0 Å². The van der Waals surface area contributed by atoms with Crippen molar-refractivity contribution in [1.82, 2.24) is 20.4 Å². The Morgan fingerprint density at radius 1 is 1.07 bits per heavy atom. The SMILES string of the molecule is COc1cc(CNC(=O)N2CCN(C3CCNC3)CC2)cc(OC)c1OC.Cl.Cl. The van der Waals surface area contributed by atoms with Gasteiger partial charge in [0, 0.05) is 45.3 Å². The number of carbonyl (C=O) groups is 1. The maximum atomic E-state index is 12.5. The van der Waals surface area contributed by atoms with E-state index in [1.54, 1.807) is 21.3 Å². The third kappa shape index (κ3) is 6.18. The first-order valence-corrected chi connectivity index (χ1v) is 9.42. The topological polar surface area (TPSA) is 75.3 Å². The summed E-state index contributed by atoms with van der Waals surface area (Å²) in [5, 5.41) is 6.40. The molecule has 10 heteroatoms. The van der Waals surface area contributed by atoms with Crippen molar-refractivity contribution in [2.24, 2.45) is 0 Å². The van der Waals surface area contributed by atoms with Gasteiger partial charge in [0.05, 0.1) is 21.3 Å². The number of methoxy groups -OCH3 is 3. The third-order valence-corrected chi connectivity index (χ3v) is 5.32. The molecule has 2 saturated heterocycles. The fourth-order valence-corrected chi connectivity index (χ4v) is 3.77. The second-order valence-electron chi connectivity index (χ2n) is 6.86. The summed E-state index contributed by atoms with van der Waals surface area (Å²) in [4.78, 5) is 16.9. The average molecular weight is 451 g/mol. The number of rotatable bonds is 6. The molecule has 2 N–H and O–H groups in total.